The molecule has 2 aromatic carbocycles. The van der Waals surface area contributed by atoms with Crippen molar-refractivity contribution in [2.75, 3.05) is 12.4 Å². The maximum Gasteiger partial charge on any atom is 0.253 e. The molecule has 0 unspecified atom stereocenters. The number of hydrogen-bond acceptors (Lipinski definition) is 2. The number of carbonyl (C=O) groups excluding carboxylic acids is 2. The number of halogens is 1. The molecule has 0 atom stereocenters. The van der Waals surface area contributed by atoms with Crippen LogP contribution in [0.5, 0.6) is 0 Å². The first-order valence-electron chi connectivity index (χ1n) is 7.38. The van der Waals surface area contributed by atoms with E-state index in [9.17, 15) is 9.59 Å². The number of amides is 2. The van der Waals surface area contributed by atoms with E-state index in [0.29, 0.717) is 24.1 Å². The zero-order valence-corrected chi connectivity index (χ0v) is 14.7. The Morgan fingerprint density at radius 1 is 1.09 bits per heavy atom. The fraction of sp³-hybridized carbons (Fsp3) is 0.222. The molecule has 0 aliphatic carbocycles. The highest BCUT2D eigenvalue weighted by Crippen LogP contribution is 2.21. The van der Waals surface area contributed by atoms with Crippen molar-refractivity contribution in [3.63, 3.8) is 0 Å². The Morgan fingerprint density at radius 3 is 2.52 bits per heavy atom. The van der Waals surface area contributed by atoms with Gasteiger partial charge in [0.15, 0.2) is 0 Å². The van der Waals surface area contributed by atoms with Crippen LogP contribution < -0.4 is 10.6 Å². The number of rotatable bonds is 5. The zero-order chi connectivity index (χ0) is 16.8. The molecule has 4 nitrogen and oxygen atoms in total. The normalized spacial score (nSPS) is 10.2. The molecule has 0 heterocycles. The Kier molecular flexibility index (Phi) is 5.93. The van der Waals surface area contributed by atoms with E-state index in [-0.39, 0.29) is 11.8 Å². The number of carbonyl (C=O) groups is 2. The molecule has 0 fully saturated rings. The third-order valence-corrected chi connectivity index (χ3v) is 4.35. The molecule has 0 radical (unpaired) electrons. The standard InChI is InChI=1S/C18H19BrN2O2/c1-12-6-5-9-15(17(12)18(23)20-2)21-16(22)11-10-13-7-3-4-8-14(13)19/h3-9H,10-11H2,1-2H3,(H,20,23)(H,21,22). The monoisotopic (exact) mass is 374 g/mol. The summed E-state index contributed by atoms with van der Waals surface area (Å²) < 4.78 is 0.995. The van der Waals surface area contributed by atoms with Gasteiger partial charge >= 0.3 is 0 Å². The van der Waals surface area contributed by atoms with E-state index >= 15 is 0 Å². The molecule has 2 amide bonds. The molecule has 2 rings (SSSR count). The fourth-order valence-corrected chi connectivity index (χ4v) is 2.84. The topological polar surface area (TPSA) is 58.2 Å². The highest BCUT2D eigenvalue weighted by Gasteiger charge is 2.15. The summed E-state index contributed by atoms with van der Waals surface area (Å²) in [6.45, 7) is 1.85. The fourth-order valence-electron chi connectivity index (χ4n) is 2.36. The predicted octanol–water partition coefficient (Wildman–Crippen LogP) is 3.69. The molecule has 0 aromatic heterocycles. The molecule has 0 spiro atoms. The Labute approximate surface area is 144 Å². The van der Waals surface area contributed by atoms with E-state index in [0.717, 1.165) is 15.6 Å². The van der Waals surface area contributed by atoms with E-state index in [1.54, 1.807) is 13.1 Å². The van der Waals surface area contributed by atoms with Gasteiger partial charge in [0.1, 0.15) is 0 Å². The van der Waals surface area contributed by atoms with E-state index in [1.165, 1.54) is 0 Å². The minimum absolute atomic E-state index is 0.114. The van der Waals surface area contributed by atoms with E-state index < -0.39 is 0 Å². The van der Waals surface area contributed by atoms with Crippen LogP contribution in [0.1, 0.15) is 27.9 Å². The average molecular weight is 375 g/mol. The lowest BCUT2D eigenvalue weighted by Crippen LogP contribution is -2.22. The van der Waals surface area contributed by atoms with Crippen molar-refractivity contribution in [3.05, 3.63) is 63.6 Å². The van der Waals surface area contributed by atoms with Crippen LogP contribution in [0, 0.1) is 6.92 Å². The Hall–Kier alpha value is -2.14. The number of aryl methyl sites for hydroxylation is 2. The molecular formula is C18H19BrN2O2. The highest BCUT2D eigenvalue weighted by atomic mass is 79.9. The summed E-state index contributed by atoms with van der Waals surface area (Å²) in [4.78, 5) is 24.2. The summed E-state index contributed by atoms with van der Waals surface area (Å²) in [7, 11) is 1.58. The van der Waals surface area contributed by atoms with Gasteiger partial charge in [-0.2, -0.15) is 0 Å². The summed E-state index contributed by atoms with van der Waals surface area (Å²) in [5.74, 6) is -0.319. The first kappa shape index (κ1) is 17.2. The molecule has 2 N–H and O–H groups in total. The summed E-state index contributed by atoms with van der Waals surface area (Å²) >= 11 is 3.48. The molecule has 0 bridgehead atoms. The van der Waals surface area contributed by atoms with Gasteiger partial charge in [-0.15, -0.1) is 0 Å². The molecule has 23 heavy (non-hydrogen) atoms. The number of benzene rings is 2. The molecule has 0 aliphatic rings. The van der Waals surface area contributed by atoms with Gasteiger partial charge in [0.05, 0.1) is 11.3 Å². The maximum absolute atomic E-state index is 12.2. The molecule has 2 aromatic rings. The molecule has 5 heteroatoms. The van der Waals surface area contributed by atoms with Crippen molar-refractivity contribution >= 4 is 33.4 Å². The van der Waals surface area contributed by atoms with Gasteiger partial charge in [-0.3, -0.25) is 9.59 Å². The van der Waals surface area contributed by atoms with Crippen LogP contribution in [0.4, 0.5) is 5.69 Å². The Bertz CT molecular complexity index is 729. The SMILES string of the molecule is CNC(=O)c1c(C)cccc1NC(=O)CCc1ccccc1Br. The second-order valence-corrected chi connectivity index (χ2v) is 6.07. The van der Waals surface area contributed by atoms with Crippen LogP contribution in [0.25, 0.3) is 0 Å². The summed E-state index contributed by atoms with van der Waals surface area (Å²) in [5.41, 5.74) is 2.96. The quantitative estimate of drug-likeness (QED) is 0.838. The van der Waals surface area contributed by atoms with Crippen LogP contribution in [0.3, 0.4) is 0 Å². The third-order valence-electron chi connectivity index (χ3n) is 3.58. The van der Waals surface area contributed by atoms with Crippen LogP contribution in [-0.4, -0.2) is 18.9 Å². The van der Waals surface area contributed by atoms with Gasteiger partial charge < -0.3 is 10.6 Å². The summed E-state index contributed by atoms with van der Waals surface area (Å²) in [6, 6.07) is 13.2. The lowest BCUT2D eigenvalue weighted by Gasteiger charge is -2.12. The van der Waals surface area contributed by atoms with E-state index in [1.807, 2.05) is 43.3 Å². The molecule has 0 saturated heterocycles. The number of nitrogens with one attached hydrogen (secondary N) is 2. The van der Waals surface area contributed by atoms with Crippen molar-refractivity contribution in [3.8, 4) is 0 Å². The lowest BCUT2D eigenvalue weighted by atomic mass is 10.1. The second kappa shape index (κ2) is 7.92. The first-order valence-corrected chi connectivity index (χ1v) is 8.17. The predicted molar refractivity (Wildman–Crippen MR) is 95.7 cm³/mol. The number of hydrogen-bond donors (Lipinski definition) is 2. The Morgan fingerprint density at radius 2 is 1.83 bits per heavy atom. The van der Waals surface area contributed by atoms with Gasteiger partial charge in [0.2, 0.25) is 5.91 Å². The molecular weight excluding hydrogens is 356 g/mol. The van der Waals surface area contributed by atoms with Gasteiger partial charge in [-0.25, -0.2) is 0 Å². The maximum atomic E-state index is 12.2. The van der Waals surface area contributed by atoms with Crippen molar-refractivity contribution in [2.45, 2.75) is 19.8 Å². The largest absolute Gasteiger partial charge is 0.355 e. The van der Waals surface area contributed by atoms with Gasteiger partial charge in [0.25, 0.3) is 5.91 Å². The average Bonchev–Trinajstić information content (AvgIpc) is 2.53. The summed E-state index contributed by atoms with van der Waals surface area (Å²) in [5, 5.41) is 5.45. The minimum atomic E-state index is -0.204. The van der Waals surface area contributed by atoms with Crippen molar-refractivity contribution in [2.24, 2.45) is 0 Å². The molecule has 0 saturated carbocycles. The number of anilines is 1. The van der Waals surface area contributed by atoms with Gasteiger partial charge in [0, 0.05) is 17.9 Å². The zero-order valence-electron chi connectivity index (χ0n) is 13.2. The van der Waals surface area contributed by atoms with Gasteiger partial charge in [-0.1, -0.05) is 46.3 Å². The van der Waals surface area contributed by atoms with Crippen LogP contribution in [-0.2, 0) is 11.2 Å². The van der Waals surface area contributed by atoms with Crippen molar-refractivity contribution in [1.82, 2.24) is 5.32 Å². The van der Waals surface area contributed by atoms with Gasteiger partial charge in [-0.05, 0) is 36.6 Å². The molecule has 0 aliphatic heterocycles. The van der Waals surface area contributed by atoms with Crippen molar-refractivity contribution < 1.29 is 9.59 Å². The highest BCUT2D eigenvalue weighted by molar-refractivity contribution is 9.10. The van der Waals surface area contributed by atoms with Crippen LogP contribution in [0.2, 0.25) is 0 Å². The smallest absolute Gasteiger partial charge is 0.253 e. The minimum Gasteiger partial charge on any atom is -0.355 e. The third kappa shape index (κ3) is 4.42. The van der Waals surface area contributed by atoms with Crippen LogP contribution >= 0.6 is 15.9 Å². The lowest BCUT2D eigenvalue weighted by molar-refractivity contribution is -0.116. The molecule has 120 valence electrons. The second-order valence-electron chi connectivity index (χ2n) is 5.22. The first-order chi connectivity index (χ1) is 11.0. The summed E-state index contributed by atoms with van der Waals surface area (Å²) in [6.07, 6.45) is 0.984. The Balaban J connectivity index is 2.08. The van der Waals surface area contributed by atoms with Crippen LogP contribution in [0.15, 0.2) is 46.9 Å². The van der Waals surface area contributed by atoms with E-state index in [2.05, 4.69) is 26.6 Å². The van der Waals surface area contributed by atoms with E-state index in [4.69, 9.17) is 0 Å². The van der Waals surface area contributed by atoms with Crippen molar-refractivity contribution in [1.29, 1.82) is 0 Å².